The van der Waals surface area contributed by atoms with E-state index in [4.69, 9.17) is 4.74 Å². The van der Waals surface area contributed by atoms with Crippen LogP contribution in [0.2, 0.25) is 0 Å². The van der Waals surface area contributed by atoms with Gasteiger partial charge in [0.25, 0.3) is 5.56 Å². The molecule has 94 valence electrons. The highest BCUT2D eigenvalue weighted by atomic mass is 32.1. The summed E-state index contributed by atoms with van der Waals surface area (Å²) in [5.74, 6) is 1.10. The van der Waals surface area contributed by atoms with E-state index >= 15 is 0 Å². The van der Waals surface area contributed by atoms with Crippen molar-refractivity contribution in [3.8, 4) is 17.0 Å². The molecule has 0 aliphatic heterocycles. The van der Waals surface area contributed by atoms with Gasteiger partial charge in [-0.15, -0.1) is 0 Å². The van der Waals surface area contributed by atoms with Gasteiger partial charge in [0.1, 0.15) is 5.75 Å². The zero-order valence-electron chi connectivity index (χ0n) is 10.2. The summed E-state index contributed by atoms with van der Waals surface area (Å²) in [7, 11) is 1.61. The van der Waals surface area contributed by atoms with Gasteiger partial charge in [0.05, 0.1) is 12.8 Å². The molecule has 0 aliphatic rings. The molecule has 0 amide bonds. The Labute approximate surface area is 110 Å². The number of methoxy groups -OCH3 is 1. The van der Waals surface area contributed by atoms with Crippen molar-refractivity contribution in [2.24, 2.45) is 0 Å². The monoisotopic (exact) mass is 262 g/mol. The number of thiol groups is 1. The fourth-order valence-electron chi connectivity index (χ4n) is 1.72. The second kappa shape index (κ2) is 5.27. The average Bonchev–Trinajstić information content (AvgIpc) is 2.39. The summed E-state index contributed by atoms with van der Waals surface area (Å²) in [5.41, 5.74) is 3.02. The average molecular weight is 262 g/mol. The van der Waals surface area contributed by atoms with E-state index in [1.165, 1.54) is 0 Å². The molecule has 0 radical (unpaired) electrons. The summed E-state index contributed by atoms with van der Waals surface area (Å²) in [6, 6.07) is 7.57. The molecule has 0 spiro atoms. The molecule has 2 aromatic rings. The molecule has 0 saturated carbocycles. The molecule has 0 atom stereocenters. The lowest BCUT2D eigenvalue weighted by Gasteiger charge is -2.09. The van der Waals surface area contributed by atoms with E-state index in [2.05, 4.69) is 22.8 Å². The van der Waals surface area contributed by atoms with Gasteiger partial charge >= 0.3 is 0 Å². The first-order chi connectivity index (χ1) is 8.65. The number of aromatic amines is 1. The number of H-pyrrole nitrogens is 1. The molecule has 0 unspecified atom stereocenters. The van der Waals surface area contributed by atoms with Crippen molar-refractivity contribution in [3.05, 3.63) is 45.7 Å². The Morgan fingerprint density at radius 3 is 2.83 bits per heavy atom. The van der Waals surface area contributed by atoms with Gasteiger partial charge in [0.2, 0.25) is 0 Å². The zero-order chi connectivity index (χ0) is 13.1. The highest BCUT2D eigenvalue weighted by molar-refractivity contribution is 7.79. The number of hydrogen-bond donors (Lipinski definition) is 2. The second-order valence-corrected chi connectivity index (χ2v) is 4.29. The molecule has 1 aromatic carbocycles. The van der Waals surface area contributed by atoms with Crippen LogP contribution < -0.4 is 10.3 Å². The van der Waals surface area contributed by atoms with Gasteiger partial charge in [-0.3, -0.25) is 4.79 Å². The Kier molecular flexibility index (Phi) is 3.72. The van der Waals surface area contributed by atoms with E-state index < -0.39 is 0 Å². The predicted octanol–water partition coefficient (Wildman–Crippen LogP) is 2.18. The number of rotatable bonds is 3. The molecule has 0 fully saturated rings. The number of aryl methyl sites for hydroxylation is 1. The van der Waals surface area contributed by atoms with Crippen LogP contribution in [0.15, 0.2) is 29.1 Å². The lowest BCUT2D eigenvalue weighted by atomic mass is 10.1. The normalized spacial score (nSPS) is 10.4. The summed E-state index contributed by atoms with van der Waals surface area (Å²) in [5, 5.41) is 6.53. The summed E-state index contributed by atoms with van der Waals surface area (Å²) >= 11 is 4.13. The number of ether oxygens (including phenoxy) is 1. The predicted molar refractivity (Wildman–Crippen MR) is 74.3 cm³/mol. The van der Waals surface area contributed by atoms with Gasteiger partial charge in [-0.1, -0.05) is 11.6 Å². The van der Waals surface area contributed by atoms with E-state index in [9.17, 15) is 4.79 Å². The first-order valence-corrected chi connectivity index (χ1v) is 6.13. The van der Waals surface area contributed by atoms with Gasteiger partial charge in [0, 0.05) is 16.9 Å². The van der Waals surface area contributed by atoms with E-state index in [1.54, 1.807) is 13.2 Å². The quantitative estimate of drug-likeness (QED) is 0.834. The first kappa shape index (κ1) is 12.7. The van der Waals surface area contributed by atoms with Crippen molar-refractivity contribution < 1.29 is 4.74 Å². The maximum atomic E-state index is 11.5. The molecule has 1 heterocycles. The van der Waals surface area contributed by atoms with Crippen molar-refractivity contribution in [2.75, 3.05) is 7.11 Å². The third-order valence-corrected chi connectivity index (χ3v) is 3.02. The smallest absolute Gasteiger partial charge is 0.268 e. The molecule has 1 aromatic heterocycles. The standard InChI is InChI=1S/C13H14N2O2S/c1-8-3-4-12(17-2)10(5-8)11-6-9(7-18)13(16)15-14-11/h3-6,18H,7H2,1-2H3,(H,15,16). The summed E-state index contributed by atoms with van der Waals surface area (Å²) in [6.07, 6.45) is 0. The van der Waals surface area contributed by atoms with Crippen LogP contribution in [-0.4, -0.2) is 17.3 Å². The number of nitrogens with one attached hydrogen (secondary N) is 1. The van der Waals surface area contributed by atoms with Gasteiger partial charge < -0.3 is 4.74 Å². The summed E-state index contributed by atoms with van der Waals surface area (Å²) < 4.78 is 5.31. The van der Waals surface area contributed by atoms with E-state index in [0.717, 1.165) is 16.9 Å². The van der Waals surface area contributed by atoms with Crippen molar-refractivity contribution >= 4 is 12.6 Å². The SMILES string of the molecule is COc1ccc(C)cc1-c1cc(CS)c(=O)[nH]n1. The van der Waals surface area contributed by atoms with E-state index in [1.807, 2.05) is 25.1 Å². The maximum absolute atomic E-state index is 11.5. The molecule has 2 rings (SSSR count). The highest BCUT2D eigenvalue weighted by Crippen LogP contribution is 2.29. The van der Waals surface area contributed by atoms with Gasteiger partial charge in [-0.2, -0.15) is 17.7 Å². The van der Waals surface area contributed by atoms with Crippen LogP contribution in [0, 0.1) is 6.92 Å². The topological polar surface area (TPSA) is 55.0 Å². The lowest BCUT2D eigenvalue weighted by Crippen LogP contribution is -2.13. The molecule has 0 saturated heterocycles. The van der Waals surface area contributed by atoms with Crippen molar-refractivity contribution in [3.63, 3.8) is 0 Å². The number of hydrogen-bond acceptors (Lipinski definition) is 4. The zero-order valence-corrected chi connectivity index (χ0v) is 11.1. The molecule has 0 bridgehead atoms. The minimum Gasteiger partial charge on any atom is -0.496 e. The molecular formula is C13H14N2O2S. The Morgan fingerprint density at radius 1 is 1.39 bits per heavy atom. The Hall–Kier alpha value is -1.75. The van der Waals surface area contributed by atoms with Gasteiger partial charge in [0.15, 0.2) is 0 Å². The molecule has 0 aliphatic carbocycles. The van der Waals surface area contributed by atoms with Gasteiger partial charge in [-0.25, -0.2) is 5.10 Å². The van der Waals surface area contributed by atoms with Crippen molar-refractivity contribution in [1.29, 1.82) is 0 Å². The summed E-state index contributed by atoms with van der Waals surface area (Å²) in [6.45, 7) is 1.99. The maximum Gasteiger partial charge on any atom is 0.268 e. The molecule has 5 heteroatoms. The molecule has 18 heavy (non-hydrogen) atoms. The van der Waals surface area contributed by atoms with Crippen molar-refractivity contribution in [2.45, 2.75) is 12.7 Å². The van der Waals surface area contributed by atoms with Crippen LogP contribution in [0.5, 0.6) is 5.75 Å². The third kappa shape index (κ3) is 2.41. The van der Waals surface area contributed by atoms with E-state index in [0.29, 0.717) is 17.0 Å². The molecular weight excluding hydrogens is 248 g/mol. The first-order valence-electron chi connectivity index (χ1n) is 5.50. The molecule has 4 nitrogen and oxygen atoms in total. The fraction of sp³-hybridized carbons (Fsp3) is 0.231. The fourth-order valence-corrected chi connectivity index (χ4v) is 1.96. The van der Waals surface area contributed by atoms with E-state index in [-0.39, 0.29) is 5.56 Å². The Balaban J connectivity index is 2.61. The Morgan fingerprint density at radius 2 is 2.17 bits per heavy atom. The Bertz CT molecular complexity index is 623. The second-order valence-electron chi connectivity index (χ2n) is 3.97. The van der Waals surface area contributed by atoms with Gasteiger partial charge in [-0.05, 0) is 25.1 Å². The lowest BCUT2D eigenvalue weighted by molar-refractivity contribution is 0.416. The van der Waals surface area contributed by atoms with Crippen LogP contribution in [0.1, 0.15) is 11.1 Å². The van der Waals surface area contributed by atoms with Crippen LogP contribution >= 0.6 is 12.6 Å². The van der Waals surface area contributed by atoms with Crippen LogP contribution in [0.4, 0.5) is 0 Å². The highest BCUT2D eigenvalue weighted by Gasteiger charge is 2.09. The summed E-state index contributed by atoms with van der Waals surface area (Å²) in [4.78, 5) is 11.5. The van der Waals surface area contributed by atoms with Crippen LogP contribution in [0.3, 0.4) is 0 Å². The third-order valence-electron chi connectivity index (χ3n) is 2.68. The largest absolute Gasteiger partial charge is 0.496 e. The number of benzene rings is 1. The molecule has 1 N–H and O–H groups in total. The van der Waals surface area contributed by atoms with Crippen molar-refractivity contribution in [1.82, 2.24) is 10.2 Å². The number of aromatic nitrogens is 2. The van der Waals surface area contributed by atoms with Crippen LogP contribution in [-0.2, 0) is 5.75 Å². The minimum atomic E-state index is -0.208. The number of nitrogens with zero attached hydrogens (tertiary/aromatic N) is 1. The minimum absolute atomic E-state index is 0.208. The van der Waals surface area contributed by atoms with Crippen LogP contribution in [0.25, 0.3) is 11.3 Å².